The van der Waals surface area contributed by atoms with E-state index in [1.54, 1.807) is 12.1 Å². The lowest BCUT2D eigenvalue weighted by atomic mass is 9.77. The number of Topliss-reactive ketones (excluding diaryl/α,β-unsaturated/α-hetero) is 1. The van der Waals surface area contributed by atoms with Gasteiger partial charge in [0.1, 0.15) is 0 Å². The first-order valence-corrected chi connectivity index (χ1v) is 12.2. The summed E-state index contributed by atoms with van der Waals surface area (Å²) in [7, 11) is 0. The minimum absolute atomic E-state index is 0.0630. The van der Waals surface area contributed by atoms with Gasteiger partial charge in [-0.2, -0.15) is 5.26 Å². The molecular formula is C26H24ClN3O2S. The highest BCUT2D eigenvalue weighted by Gasteiger charge is 2.37. The van der Waals surface area contributed by atoms with Crippen molar-refractivity contribution in [1.82, 2.24) is 5.32 Å². The number of nitrogens with one attached hydrogen (secondary N) is 2. The van der Waals surface area contributed by atoms with Gasteiger partial charge in [-0.3, -0.25) is 9.59 Å². The second-order valence-corrected chi connectivity index (χ2v) is 9.71. The van der Waals surface area contributed by atoms with Crippen molar-refractivity contribution in [2.45, 2.75) is 39.0 Å². The highest BCUT2D eigenvalue weighted by atomic mass is 35.5. The van der Waals surface area contributed by atoms with Gasteiger partial charge in [0.2, 0.25) is 5.91 Å². The van der Waals surface area contributed by atoms with Crippen molar-refractivity contribution in [3.8, 4) is 6.07 Å². The molecule has 2 N–H and O–H groups in total. The molecule has 7 heteroatoms. The van der Waals surface area contributed by atoms with Crippen LogP contribution >= 0.6 is 23.4 Å². The Labute approximate surface area is 202 Å². The van der Waals surface area contributed by atoms with Crippen molar-refractivity contribution < 1.29 is 9.59 Å². The Balaban J connectivity index is 1.60. The van der Waals surface area contributed by atoms with Crippen molar-refractivity contribution >= 4 is 40.7 Å². The SMILES string of the molecule is Cc1ccc(NC(=O)CSC2=C(C#N)[C@H](c3ccc(Cl)cc3)C3=C(CCCC3=O)N2)c(C)c1. The van der Waals surface area contributed by atoms with Crippen LogP contribution in [0.5, 0.6) is 0 Å². The van der Waals surface area contributed by atoms with Crippen molar-refractivity contribution in [2.24, 2.45) is 0 Å². The summed E-state index contributed by atoms with van der Waals surface area (Å²) in [6, 6.07) is 15.4. The fraction of sp³-hybridized carbons (Fsp3) is 0.269. The average molecular weight is 478 g/mol. The van der Waals surface area contributed by atoms with Crippen LogP contribution in [0.25, 0.3) is 0 Å². The number of anilines is 1. The number of nitriles is 1. The minimum Gasteiger partial charge on any atom is -0.352 e. The van der Waals surface area contributed by atoms with Crippen LogP contribution < -0.4 is 10.6 Å². The molecule has 0 saturated carbocycles. The first-order valence-electron chi connectivity index (χ1n) is 10.8. The highest BCUT2D eigenvalue weighted by molar-refractivity contribution is 8.03. The van der Waals surface area contributed by atoms with Crippen molar-refractivity contribution in [3.05, 3.63) is 86.0 Å². The number of carbonyl (C=O) groups is 2. The van der Waals surface area contributed by atoms with E-state index in [0.29, 0.717) is 27.6 Å². The van der Waals surface area contributed by atoms with Gasteiger partial charge in [-0.05, 0) is 56.0 Å². The van der Waals surface area contributed by atoms with Gasteiger partial charge in [0.05, 0.1) is 28.3 Å². The normalized spacial score (nSPS) is 17.9. The van der Waals surface area contributed by atoms with Gasteiger partial charge in [-0.1, -0.05) is 53.2 Å². The molecule has 1 heterocycles. The number of allylic oxidation sites excluding steroid dienone is 3. The number of amides is 1. The fourth-order valence-corrected chi connectivity index (χ4v) is 5.29. The standard InChI is InChI=1S/C26H24ClN3O2S/c1-15-6-11-20(16(2)12-15)29-23(32)14-33-26-19(13-28)24(17-7-9-18(27)10-8-17)25-21(30-26)4-3-5-22(25)31/h6-12,24,30H,3-5,14H2,1-2H3,(H,29,32)/t24-/m0/s1. The summed E-state index contributed by atoms with van der Waals surface area (Å²) in [6.45, 7) is 3.97. The monoisotopic (exact) mass is 477 g/mol. The maximum Gasteiger partial charge on any atom is 0.234 e. The Morgan fingerprint density at radius 1 is 1.21 bits per heavy atom. The Bertz CT molecular complexity index is 1230. The number of aryl methyl sites for hydroxylation is 2. The summed E-state index contributed by atoms with van der Waals surface area (Å²) in [5.41, 5.74) is 5.72. The number of hydrogen-bond acceptors (Lipinski definition) is 5. The molecule has 0 bridgehead atoms. The van der Waals surface area contributed by atoms with Gasteiger partial charge in [-0.15, -0.1) is 0 Å². The molecule has 5 nitrogen and oxygen atoms in total. The smallest absolute Gasteiger partial charge is 0.234 e. The van der Waals surface area contributed by atoms with E-state index in [2.05, 4.69) is 16.7 Å². The Morgan fingerprint density at radius 3 is 2.67 bits per heavy atom. The molecular weight excluding hydrogens is 454 g/mol. The zero-order chi connectivity index (χ0) is 23.5. The molecule has 2 aromatic rings. The molecule has 0 spiro atoms. The van der Waals surface area contributed by atoms with Gasteiger partial charge in [-0.25, -0.2) is 0 Å². The molecule has 4 rings (SSSR count). The maximum absolute atomic E-state index is 12.8. The molecule has 168 valence electrons. The molecule has 1 atom stereocenters. The van der Waals surface area contributed by atoms with Gasteiger partial charge in [0.25, 0.3) is 0 Å². The van der Waals surface area contributed by atoms with E-state index in [1.165, 1.54) is 11.8 Å². The lowest BCUT2D eigenvalue weighted by molar-refractivity contribution is -0.116. The molecule has 2 aromatic carbocycles. The number of benzene rings is 2. The number of dihydropyridines is 1. The Morgan fingerprint density at radius 2 is 1.97 bits per heavy atom. The minimum atomic E-state index is -0.457. The molecule has 1 amide bonds. The first-order chi connectivity index (χ1) is 15.9. The number of halogens is 1. The molecule has 33 heavy (non-hydrogen) atoms. The average Bonchev–Trinajstić information content (AvgIpc) is 2.79. The van der Waals surface area contributed by atoms with Gasteiger partial charge < -0.3 is 10.6 Å². The third-order valence-electron chi connectivity index (χ3n) is 5.87. The largest absolute Gasteiger partial charge is 0.352 e. The lowest BCUT2D eigenvalue weighted by Gasteiger charge is -2.33. The summed E-state index contributed by atoms with van der Waals surface area (Å²) in [4.78, 5) is 25.5. The molecule has 0 fully saturated rings. The highest BCUT2D eigenvalue weighted by Crippen LogP contribution is 2.44. The molecule has 2 aliphatic rings. The van der Waals surface area contributed by atoms with Gasteiger partial charge in [0.15, 0.2) is 5.78 Å². The molecule has 1 aliphatic carbocycles. The quantitative estimate of drug-likeness (QED) is 0.572. The van der Waals surface area contributed by atoms with Gasteiger partial charge in [0, 0.05) is 28.4 Å². The first kappa shape index (κ1) is 23.2. The zero-order valence-corrected chi connectivity index (χ0v) is 20.1. The number of thioether (sulfide) groups is 1. The molecule has 0 saturated heterocycles. The zero-order valence-electron chi connectivity index (χ0n) is 18.5. The molecule has 1 aliphatic heterocycles. The van der Waals surface area contributed by atoms with E-state index < -0.39 is 5.92 Å². The summed E-state index contributed by atoms with van der Waals surface area (Å²) in [6.07, 6.45) is 1.98. The van der Waals surface area contributed by atoms with Crippen LogP contribution in [0.3, 0.4) is 0 Å². The van der Waals surface area contributed by atoms with Crippen LogP contribution in [0.2, 0.25) is 5.02 Å². The van der Waals surface area contributed by atoms with E-state index in [1.807, 2.05) is 44.2 Å². The molecule has 0 aromatic heterocycles. The summed E-state index contributed by atoms with van der Waals surface area (Å²) < 4.78 is 0. The third kappa shape index (κ3) is 5.00. The Hall–Kier alpha value is -3.01. The lowest BCUT2D eigenvalue weighted by Crippen LogP contribution is -2.31. The van der Waals surface area contributed by atoms with E-state index in [-0.39, 0.29) is 17.4 Å². The third-order valence-corrected chi connectivity index (χ3v) is 7.14. The number of carbonyl (C=O) groups excluding carboxylic acids is 2. The molecule has 0 unspecified atom stereocenters. The summed E-state index contributed by atoms with van der Waals surface area (Å²) in [5.74, 6) is -0.402. The number of nitrogens with zero attached hydrogens (tertiary/aromatic N) is 1. The predicted octanol–water partition coefficient (Wildman–Crippen LogP) is 5.76. The number of hydrogen-bond donors (Lipinski definition) is 2. The topological polar surface area (TPSA) is 82.0 Å². The van der Waals surface area contributed by atoms with Crippen molar-refractivity contribution in [3.63, 3.8) is 0 Å². The van der Waals surface area contributed by atoms with Crippen LogP contribution in [-0.4, -0.2) is 17.4 Å². The van der Waals surface area contributed by atoms with Crippen LogP contribution in [-0.2, 0) is 9.59 Å². The van der Waals surface area contributed by atoms with Gasteiger partial charge >= 0.3 is 0 Å². The van der Waals surface area contributed by atoms with Crippen LogP contribution in [0.1, 0.15) is 41.9 Å². The van der Waals surface area contributed by atoms with E-state index >= 15 is 0 Å². The summed E-state index contributed by atoms with van der Waals surface area (Å²) >= 11 is 7.36. The number of ketones is 1. The van der Waals surface area contributed by atoms with E-state index in [9.17, 15) is 14.9 Å². The van der Waals surface area contributed by atoms with Crippen molar-refractivity contribution in [2.75, 3.05) is 11.1 Å². The van der Waals surface area contributed by atoms with Crippen molar-refractivity contribution in [1.29, 1.82) is 5.26 Å². The molecule has 0 radical (unpaired) electrons. The van der Waals surface area contributed by atoms with E-state index in [4.69, 9.17) is 11.6 Å². The fourth-order valence-electron chi connectivity index (χ4n) is 4.30. The van der Waals surface area contributed by atoms with Crippen LogP contribution in [0, 0.1) is 25.2 Å². The maximum atomic E-state index is 12.8. The van der Waals surface area contributed by atoms with Crippen LogP contribution in [0.15, 0.2) is 64.3 Å². The number of rotatable bonds is 5. The summed E-state index contributed by atoms with van der Waals surface area (Å²) in [5, 5.41) is 17.5. The Kier molecular flexibility index (Phi) is 6.92. The second-order valence-electron chi connectivity index (χ2n) is 8.29. The van der Waals surface area contributed by atoms with Crippen LogP contribution in [0.4, 0.5) is 5.69 Å². The second kappa shape index (κ2) is 9.86. The predicted molar refractivity (Wildman–Crippen MR) is 133 cm³/mol. The van der Waals surface area contributed by atoms with E-state index in [0.717, 1.165) is 40.9 Å².